The second-order valence-corrected chi connectivity index (χ2v) is 7.61. The Morgan fingerprint density at radius 1 is 1.08 bits per heavy atom. The van der Waals surface area contributed by atoms with Gasteiger partial charge in [0, 0.05) is 23.2 Å². The van der Waals surface area contributed by atoms with Gasteiger partial charge >= 0.3 is 0 Å². The normalized spacial score (nSPS) is 11.4. The number of pyridine rings is 2. The van der Waals surface area contributed by atoms with Gasteiger partial charge < -0.3 is 9.47 Å². The Kier molecular flexibility index (Phi) is 4.69. The zero-order valence-corrected chi connectivity index (χ0v) is 15.7. The van der Waals surface area contributed by atoms with E-state index in [0.29, 0.717) is 22.8 Å². The predicted octanol–water partition coefficient (Wildman–Crippen LogP) is 2.99. The van der Waals surface area contributed by atoms with Crippen LogP contribution < -0.4 is 14.2 Å². The first-order chi connectivity index (χ1) is 12.3. The van der Waals surface area contributed by atoms with Gasteiger partial charge in [0.25, 0.3) is 0 Å². The summed E-state index contributed by atoms with van der Waals surface area (Å²) in [7, 11) is -0.386. The predicted molar refractivity (Wildman–Crippen MR) is 101 cm³/mol. The summed E-state index contributed by atoms with van der Waals surface area (Å²) in [5.41, 5.74) is 3.57. The standard InChI is InChI=1S/C18H19N3O4S/c1-11-7-14(12-5-6-18(25-3)19-10-12)20-15-9-16(21-26(4,22)23)17(24-2)8-13(11)15/h5-10,21H,1-4H3. The molecule has 0 aliphatic rings. The van der Waals surface area contributed by atoms with E-state index in [9.17, 15) is 8.42 Å². The van der Waals surface area contributed by atoms with Gasteiger partial charge in [-0.2, -0.15) is 0 Å². The van der Waals surface area contributed by atoms with Crippen LogP contribution >= 0.6 is 0 Å². The maximum Gasteiger partial charge on any atom is 0.229 e. The number of nitrogens with zero attached hydrogens (tertiary/aromatic N) is 2. The van der Waals surface area contributed by atoms with E-state index in [2.05, 4.69) is 14.7 Å². The van der Waals surface area contributed by atoms with E-state index in [4.69, 9.17) is 9.47 Å². The lowest BCUT2D eigenvalue weighted by atomic mass is 10.1. The molecule has 2 aromatic heterocycles. The maximum absolute atomic E-state index is 11.6. The third kappa shape index (κ3) is 3.70. The average molecular weight is 373 g/mol. The van der Waals surface area contributed by atoms with Gasteiger partial charge in [0.2, 0.25) is 15.9 Å². The van der Waals surface area contributed by atoms with Crippen LogP contribution in [0, 0.1) is 6.92 Å². The van der Waals surface area contributed by atoms with Crippen molar-refractivity contribution in [1.29, 1.82) is 0 Å². The first-order valence-corrected chi connectivity index (χ1v) is 9.67. The Bertz CT molecular complexity index is 1060. The van der Waals surface area contributed by atoms with Crippen molar-refractivity contribution in [2.75, 3.05) is 25.2 Å². The number of hydrogen-bond acceptors (Lipinski definition) is 6. The quantitative estimate of drug-likeness (QED) is 0.739. The van der Waals surface area contributed by atoms with Crippen LogP contribution in [0.3, 0.4) is 0 Å². The summed E-state index contributed by atoms with van der Waals surface area (Å²) >= 11 is 0. The van der Waals surface area contributed by atoms with E-state index in [0.717, 1.165) is 28.5 Å². The van der Waals surface area contributed by atoms with Gasteiger partial charge in [-0.05, 0) is 36.8 Å². The minimum atomic E-state index is -3.44. The molecule has 0 amide bonds. The average Bonchev–Trinajstić information content (AvgIpc) is 2.60. The third-order valence-corrected chi connectivity index (χ3v) is 4.46. The zero-order chi connectivity index (χ0) is 18.9. The van der Waals surface area contributed by atoms with Crippen LogP contribution in [0.4, 0.5) is 5.69 Å². The van der Waals surface area contributed by atoms with Gasteiger partial charge in [0.15, 0.2) is 0 Å². The van der Waals surface area contributed by atoms with Crippen molar-refractivity contribution in [1.82, 2.24) is 9.97 Å². The number of fused-ring (bicyclic) bond motifs is 1. The molecule has 0 aliphatic heterocycles. The fraction of sp³-hybridized carbons (Fsp3) is 0.222. The van der Waals surface area contributed by atoms with Gasteiger partial charge in [-0.1, -0.05) is 0 Å². The highest BCUT2D eigenvalue weighted by atomic mass is 32.2. The number of anilines is 1. The highest BCUT2D eigenvalue weighted by Crippen LogP contribution is 2.33. The number of hydrogen-bond donors (Lipinski definition) is 1. The molecule has 3 aromatic rings. The summed E-state index contributed by atoms with van der Waals surface area (Å²) in [4.78, 5) is 8.86. The van der Waals surface area contributed by atoms with E-state index < -0.39 is 10.0 Å². The summed E-state index contributed by atoms with van der Waals surface area (Å²) < 4.78 is 36.1. The number of nitrogens with one attached hydrogen (secondary N) is 1. The fourth-order valence-corrected chi connectivity index (χ4v) is 3.23. The fourth-order valence-electron chi connectivity index (χ4n) is 2.67. The van der Waals surface area contributed by atoms with Gasteiger partial charge in [0.1, 0.15) is 5.75 Å². The number of sulfonamides is 1. The van der Waals surface area contributed by atoms with Gasteiger partial charge in [-0.3, -0.25) is 4.72 Å². The first-order valence-electron chi connectivity index (χ1n) is 7.78. The van der Waals surface area contributed by atoms with E-state index >= 15 is 0 Å². The summed E-state index contributed by atoms with van der Waals surface area (Å²) in [6, 6.07) is 9.04. The molecule has 0 spiro atoms. The molecule has 0 saturated carbocycles. The van der Waals surface area contributed by atoms with Crippen molar-refractivity contribution in [2.24, 2.45) is 0 Å². The summed E-state index contributed by atoms with van der Waals surface area (Å²) in [5.74, 6) is 0.960. The van der Waals surface area contributed by atoms with E-state index in [-0.39, 0.29) is 0 Å². The van der Waals surface area contributed by atoms with Crippen molar-refractivity contribution in [3.63, 3.8) is 0 Å². The van der Waals surface area contributed by atoms with Crippen LogP contribution in [-0.4, -0.2) is 38.9 Å². The van der Waals surface area contributed by atoms with Crippen molar-refractivity contribution < 1.29 is 17.9 Å². The number of rotatable bonds is 5. The monoisotopic (exact) mass is 373 g/mol. The molecule has 26 heavy (non-hydrogen) atoms. The second kappa shape index (κ2) is 6.80. The Morgan fingerprint density at radius 3 is 2.42 bits per heavy atom. The van der Waals surface area contributed by atoms with E-state index in [1.165, 1.54) is 7.11 Å². The molecular formula is C18H19N3O4S. The summed E-state index contributed by atoms with van der Waals surface area (Å²) in [6.45, 7) is 1.97. The largest absolute Gasteiger partial charge is 0.495 e. The lowest BCUT2D eigenvalue weighted by Crippen LogP contribution is -2.10. The molecule has 0 unspecified atom stereocenters. The Labute approximate surface area is 152 Å². The van der Waals surface area contributed by atoms with Crippen LogP contribution in [0.15, 0.2) is 36.5 Å². The van der Waals surface area contributed by atoms with Crippen LogP contribution in [0.5, 0.6) is 11.6 Å². The molecule has 0 fully saturated rings. The molecule has 8 heteroatoms. The van der Waals surface area contributed by atoms with E-state index in [1.54, 1.807) is 31.5 Å². The molecule has 2 heterocycles. The summed E-state index contributed by atoms with van der Waals surface area (Å²) in [5, 5.41) is 0.881. The Morgan fingerprint density at radius 2 is 1.85 bits per heavy atom. The van der Waals surface area contributed by atoms with Crippen molar-refractivity contribution in [3.05, 3.63) is 42.1 Å². The Balaban J connectivity index is 2.16. The van der Waals surface area contributed by atoms with Gasteiger partial charge in [-0.15, -0.1) is 0 Å². The SMILES string of the molecule is COc1ccc(-c2cc(C)c3cc(OC)c(NS(C)(=O)=O)cc3n2)cn1. The molecule has 1 aromatic carbocycles. The topological polar surface area (TPSA) is 90.4 Å². The van der Waals surface area contributed by atoms with Gasteiger partial charge in [0.05, 0.1) is 37.4 Å². The highest BCUT2D eigenvalue weighted by Gasteiger charge is 2.13. The van der Waals surface area contributed by atoms with Crippen molar-refractivity contribution in [3.8, 4) is 22.9 Å². The number of ether oxygens (including phenoxy) is 2. The van der Waals surface area contributed by atoms with Crippen LogP contribution in [0.1, 0.15) is 5.56 Å². The third-order valence-electron chi connectivity index (χ3n) is 3.87. The number of methoxy groups -OCH3 is 2. The molecule has 0 radical (unpaired) electrons. The number of aromatic nitrogens is 2. The zero-order valence-electron chi connectivity index (χ0n) is 14.9. The summed E-state index contributed by atoms with van der Waals surface area (Å²) in [6.07, 6.45) is 2.78. The minimum absolute atomic E-state index is 0.347. The van der Waals surface area contributed by atoms with Gasteiger partial charge in [-0.25, -0.2) is 18.4 Å². The first kappa shape index (κ1) is 17.9. The molecule has 136 valence electrons. The lowest BCUT2D eigenvalue weighted by molar-refractivity contribution is 0.398. The number of aryl methyl sites for hydroxylation is 1. The molecule has 0 atom stereocenters. The maximum atomic E-state index is 11.6. The smallest absolute Gasteiger partial charge is 0.229 e. The van der Waals surface area contributed by atoms with Crippen molar-refractivity contribution >= 4 is 26.6 Å². The van der Waals surface area contributed by atoms with Crippen LogP contribution in [0.2, 0.25) is 0 Å². The lowest BCUT2D eigenvalue weighted by Gasteiger charge is -2.13. The molecule has 0 saturated heterocycles. The van der Waals surface area contributed by atoms with Crippen LogP contribution in [-0.2, 0) is 10.0 Å². The van der Waals surface area contributed by atoms with Crippen LogP contribution in [0.25, 0.3) is 22.2 Å². The minimum Gasteiger partial charge on any atom is -0.495 e. The van der Waals surface area contributed by atoms with Crippen molar-refractivity contribution in [2.45, 2.75) is 6.92 Å². The second-order valence-electron chi connectivity index (χ2n) is 5.86. The Hall–Kier alpha value is -2.87. The number of benzene rings is 1. The molecule has 1 N–H and O–H groups in total. The van der Waals surface area contributed by atoms with E-state index in [1.807, 2.05) is 19.1 Å². The molecule has 7 nitrogen and oxygen atoms in total. The molecular weight excluding hydrogens is 354 g/mol. The molecule has 0 aliphatic carbocycles. The highest BCUT2D eigenvalue weighted by molar-refractivity contribution is 7.92. The molecule has 3 rings (SSSR count). The molecule has 0 bridgehead atoms.